The molecule has 0 fully saturated rings. The molecule has 0 aliphatic rings. The van der Waals surface area contributed by atoms with E-state index in [1.807, 2.05) is 42.3 Å². The van der Waals surface area contributed by atoms with E-state index < -0.39 is 7.04 Å². The Morgan fingerprint density at radius 2 is 1.88 bits per heavy atom. The Hall–Kier alpha value is -1.21. The summed E-state index contributed by atoms with van der Waals surface area (Å²) in [6, 6.07) is 7.80. The summed E-state index contributed by atoms with van der Waals surface area (Å²) in [5.74, 6) is 0.857. The first-order chi connectivity index (χ1) is 7.43. The van der Waals surface area contributed by atoms with E-state index in [4.69, 9.17) is 4.74 Å². The molecule has 0 radical (unpaired) electrons. The van der Waals surface area contributed by atoms with Gasteiger partial charge in [-0.2, -0.15) is 5.10 Å². The normalized spacial score (nSPS) is 11.8. The van der Waals surface area contributed by atoms with Crippen molar-refractivity contribution in [2.45, 2.75) is 0 Å². The zero-order chi connectivity index (χ0) is 12.2. The molecule has 88 valence electrons. The highest BCUT2D eigenvalue weighted by atomic mass is 31.2. The SMILES string of the molecule is C=P(C)(C)N(C)N=Cc1ccc(OC)cc1. The maximum Gasteiger partial charge on any atom is 0.118 e. The number of hydrazone groups is 1. The van der Waals surface area contributed by atoms with Gasteiger partial charge in [-0.25, -0.2) is 0 Å². The molecule has 1 rings (SSSR count). The molecule has 3 nitrogen and oxygen atoms in total. The van der Waals surface area contributed by atoms with Crippen LogP contribution in [0.1, 0.15) is 5.56 Å². The van der Waals surface area contributed by atoms with Crippen LogP contribution in [0.4, 0.5) is 0 Å². The summed E-state index contributed by atoms with van der Waals surface area (Å²) < 4.78 is 7.03. The molecule has 0 saturated heterocycles. The summed E-state index contributed by atoms with van der Waals surface area (Å²) in [5.41, 5.74) is 1.06. The van der Waals surface area contributed by atoms with Gasteiger partial charge < -0.3 is 4.74 Å². The highest BCUT2D eigenvalue weighted by molar-refractivity contribution is 7.69. The van der Waals surface area contributed by atoms with Gasteiger partial charge in [-0.3, -0.25) is 4.78 Å². The number of nitrogens with zero attached hydrogens (tertiary/aromatic N) is 2. The van der Waals surface area contributed by atoms with Crippen molar-refractivity contribution in [2.24, 2.45) is 5.10 Å². The van der Waals surface area contributed by atoms with Crippen molar-refractivity contribution >= 4 is 19.6 Å². The van der Waals surface area contributed by atoms with Crippen LogP contribution in [0.2, 0.25) is 0 Å². The molecule has 1 aromatic carbocycles. The Morgan fingerprint density at radius 3 is 2.31 bits per heavy atom. The molecular weight excluding hydrogens is 219 g/mol. The van der Waals surface area contributed by atoms with Gasteiger partial charge in [0.25, 0.3) is 0 Å². The monoisotopic (exact) mass is 238 g/mol. The summed E-state index contributed by atoms with van der Waals surface area (Å²) in [6.07, 6.45) is 5.95. The van der Waals surface area contributed by atoms with Crippen LogP contribution in [-0.4, -0.2) is 44.8 Å². The quantitative estimate of drug-likeness (QED) is 0.457. The maximum atomic E-state index is 5.09. The van der Waals surface area contributed by atoms with Gasteiger partial charge in [-0.1, -0.05) is 6.30 Å². The van der Waals surface area contributed by atoms with Gasteiger partial charge in [0, 0.05) is 7.05 Å². The van der Waals surface area contributed by atoms with Crippen molar-refractivity contribution in [3.05, 3.63) is 29.8 Å². The van der Waals surface area contributed by atoms with Gasteiger partial charge in [0.1, 0.15) is 5.75 Å². The number of hydrogen-bond acceptors (Lipinski definition) is 3. The van der Waals surface area contributed by atoms with Crippen molar-refractivity contribution in [3.8, 4) is 5.75 Å². The molecule has 0 aromatic heterocycles. The van der Waals surface area contributed by atoms with Gasteiger partial charge in [0.05, 0.1) is 13.3 Å². The Bertz CT molecular complexity index is 406. The van der Waals surface area contributed by atoms with E-state index in [2.05, 4.69) is 24.7 Å². The van der Waals surface area contributed by atoms with Crippen LogP contribution in [0.5, 0.6) is 5.75 Å². The van der Waals surface area contributed by atoms with Crippen LogP contribution < -0.4 is 4.74 Å². The Kier molecular flexibility index (Phi) is 4.19. The topological polar surface area (TPSA) is 24.8 Å². The molecule has 4 heteroatoms. The van der Waals surface area contributed by atoms with Gasteiger partial charge in [0.15, 0.2) is 0 Å². The van der Waals surface area contributed by atoms with Crippen LogP contribution in [0.15, 0.2) is 29.4 Å². The Labute approximate surface area is 97.8 Å². The first-order valence-corrected chi connectivity index (χ1v) is 7.86. The van der Waals surface area contributed by atoms with E-state index in [0.717, 1.165) is 11.3 Å². The molecule has 0 heterocycles. The number of benzene rings is 1. The molecule has 0 unspecified atom stereocenters. The van der Waals surface area contributed by atoms with E-state index in [9.17, 15) is 0 Å². The highest BCUT2D eigenvalue weighted by Gasteiger charge is 2.03. The third-order valence-corrected chi connectivity index (χ3v) is 3.94. The number of rotatable bonds is 4. The second-order valence-corrected chi connectivity index (χ2v) is 7.95. The minimum Gasteiger partial charge on any atom is -0.497 e. The lowest BCUT2D eigenvalue weighted by molar-refractivity contribution is 0.415. The lowest BCUT2D eigenvalue weighted by Gasteiger charge is -2.23. The molecule has 0 bridgehead atoms. The third-order valence-electron chi connectivity index (χ3n) is 2.27. The van der Waals surface area contributed by atoms with Crippen LogP contribution >= 0.6 is 7.04 Å². The van der Waals surface area contributed by atoms with Crippen LogP contribution in [-0.2, 0) is 0 Å². The van der Waals surface area contributed by atoms with Gasteiger partial charge >= 0.3 is 0 Å². The molecule has 0 aliphatic carbocycles. The number of methoxy groups -OCH3 is 1. The summed E-state index contributed by atoms with van der Waals surface area (Å²) in [4.78, 5) is 0. The fourth-order valence-electron chi connectivity index (χ4n) is 0.980. The molecular formula is C12H19N2OP. The predicted molar refractivity (Wildman–Crippen MR) is 74.2 cm³/mol. The molecule has 16 heavy (non-hydrogen) atoms. The molecule has 0 amide bonds. The minimum atomic E-state index is -1.30. The first kappa shape index (κ1) is 12.9. The van der Waals surface area contributed by atoms with Crippen molar-refractivity contribution < 1.29 is 4.74 Å². The smallest absolute Gasteiger partial charge is 0.118 e. The van der Waals surface area contributed by atoms with Crippen molar-refractivity contribution in [3.63, 3.8) is 0 Å². The van der Waals surface area contributed by atoms with Crippen LogP contribution in [0, 0.1) is 0 Å². The Balaban J connectivity index is 2.73. The Morgan fingerprint density at radius 1 is 1.31 bits per heavy atom. The number of hydrogen-bond donors (Lipinski definition) is 0. The van der Waals surface area contributed by atoms with E-state index in [1.54, 1.807) is 7.11 Å². The van der Waals surface area contributed by atoms with Gasteiger partial charge in [0.2, 0.25) is 0 Å². The molecule has 0 saturated carbocycles. The van der Waals surface area contributed by atoms with Crippen molar-refractivity contribution in [2.75, 3.05) is 27.5 Å². The summed E-state index contributed by atoms with van der Waals surface area (Å²) in [6.45, 7) is 4.25. The van der Waals surface area contributed by atoms with E-state index in [1.165, 1.54) is 0 Å². The van der Waals surface area contributed by atoms with E-state index >= 15 is 0 Å². The molecule has 0 aliphatic heterocycles. The van der Waals surface area contributed by atoms with Crippen LogP contribution in [0.25, 0.3) is 0 Å². The fourth-order valence-corrected chi connectivity index (χ4v) is 1.31. The van der Waals surface area contributed by atoms with E-state index in [-0.39, 0.29) is 0 Å². The zero-order valence-electron chi connectivity index (χ0n) is 10.3. The van der Waals surface area contributed by atoms with Crippen molar-refractivity contribution in [1.82, 2.24) is 4.78 Å². The average molecular weight is 238 g/mol. The molecule has 0 atom stereocenters. The van der Waals surface area contributed by atoms with Gasteiger partial charge in [-0.05, 0) is 50.2 Å². The second-order valence-electron chi connectivity index (χ2n) is 4.13. The van der Waals surface area contributed by atoms with Crippen molar-refractivity contribution in [1.29, 1.82) is 0 Å². The third kappa shape index (κ3) is 3.74. The van der Waals surface area contributed by atoms with E-state index in [0.29, 0.717) is 0 Å². The summed E-state index contributed by atoms with van der Waals surface area (Å²) in [5, 5.41) is 4.38. The van der Waals surface area contributed by atoms with Crippen LogP contribution in [0.3, 0.4) is 0 Å². The zero-order valence-corrected chi connectivity index (χ0v) is 11.2. The summed E-state index contributed by atoms with van der Waals surface area (Å²) >= 11 is 0. The highest BCUT2D eigenvalue weighted by Crippen LogP contribution is 2.38. The first-order valence-electron chi connectivity index (χ1n) is 5.04. The molecule has 1 aromatic rings. The lowest BCUT2D eigenvalue weighted by Crippen LogP contribution is -2.06. The summed E-state index contributed by atoms with van der Waals surface area (Å²) in [7, 11) is 2.32. The fraction of sp³-hybridized carbons (Fsp3) is 0.333. The second kappa shape index (κ2) is 5.22. The standard InChI is InChI=1S/C12H19N2OP/c1-14(16(3,4)5)13-10-11-6-8-12(15-2)9-7-11/h6-10H,3H2,1-2,4-5H3. The van der Waals surface area contributed by atoms with Gasteiger partial charge in [-0.15, -0.1) is 0 Å². The largest absolute Gasteiger partial charge is 0.497 e. The molecule has 0 N–H and O–H groups in total. The number of ether oxygens (including phenoxy) is 1. The predicted octanol–water partition coefficient (Wildman–Crippen LogP) is 2.59. The maximum absolute atomic E-state index is 5.09. The minimum absolute atomic E-state index is 0.857. The molecule has 0 spiro atoms. The lowest BCUT2D eigenvalue weighted by atomic mass is 10.2. The average Bonchev–Trinajstić information content (AvgIpc) is 2.25.